The van der Waals surface area contributed by atoms with Crippen molar-refractivity contribution in [3.05, 3.63) is 100 Å². The average molecular weight is 461 g/mol. The number of thiazole rings is 1. The first-order valence-corrected chi connectivity index (χ1v) is 12.4. The van der Waals surface area contributed by atoms with E-state index < -0.39 is 10.0 Å². The first-order chi connectivity index (χ1) is 15.4. The highest BCUT2D eigenvalue weighted by Gasteiger charge is 2.20. The number of nitrogens with zero attached hydrogens (tertiary/aromatic N) is 2. The molecule has 0 saturated heterocycles. The van der Waals surface area contributed by atoms with E-state index in [0.29, 0.717) is 4.80 Å². The minimum absolute atomic E-state index is 0.169. The molecule has 0 N–H and O–H groups in total. The largest absolute Gasteiger partial charge is 0.461 e. The molecule has 5 rings (SSSR count). The highest BCUT2D eigenvalue weighted by atomic mass is 32.2. The van der Waals surface area contributed by atoms with Gasteiger partial charge in [-0.05, 0) is 44.2 Å². The Balaban J connectivity index is 1.79. The van der Waals surface area contributed by atoms with Gasteiger partial charge in [0.15, 0.2) is 0 Å². The number of furan rings is 1. The summed E-state index contributed by atoms with van der Waals surface area (Å²) in [6.45, 7) is 3.84. The van der Waals surface area contributed by atoms with E-state index in [1.807, 2.05) is 78.4 Å². The van der Waals surface area contributed by atoms with Crippen LogP contribution in [-0.4, -0.2) is 13.0 Å². The van der Waals surface area contributed by atoms with Crippen LogP contribution in [-0.2, 0) is 10.0 Å². The van der Waals surface area contributed by atoms with Gasteiger partial charge in [0.2, 0.25) is 4.80 Å². The van der Waals surface area contributed by atoms with Gasteiger partial charge in [-0.25, -0.2) is 0 Å². The standard InChI is InChI=1S/C25H20N2O3S2/c1-17-12-14-20(15-13-17)32(28,29)26-25-27(19-8-4-3-5-9-19)22(16-31-25)24-18(2)30-23-11-7-6-10-21(23)24/h3-16H,1-2H3. The SMILES string of the molecule is Cc1ccc(S(=O)(=O)N=c2scc(-c3c(C)oc4ccccc34)n2-c2ccccc2)cc1. The quantitative estimate of drug-likeness (QED) is 0.337. The summed E-state index contributed by atoms with van der Waals surface area (Å²) in [6, 6.07) is 24.2. The fourth-order valence-electron chi connectivity index (χ4n) is 3.73. The first kappa shape index (κ1) is 20.5. The Hall–Kier alpha value is -3.42. The molecule has 32 heavy (non-hydrogen) atoms. The molecular weight excluding hydrogens is 440 g/mol. The number of fused-ring (bicyclic) bond motifs is 1. The molecule has 5 nitrogen and oxygen atoms in total. The molecule has 5 aromatic rings. The third-order valence-electron chi connectivity index (χ3n) is 5.27. The number of rotatable bonds is 4. The van der Waals surface area contributed by atoms with Crippen LogP contribution in [0.5, 0.6) is 0 Å². The van der Waals surface area contributed by atoms with E-state index in [1.54, 1.807) is 24.3 Å². The smallest absolute Gasteiger partial charge is 0.285 e. The number of hydrogen-bond donors (Lipinski definition) is 0. The minimum Gasteiger partial charge on any atom is -0.461 e. The first-order valence-electron chi connectivity index (χ1n) is 10.1. The van der Waals surface area contributed by atoms with Crippen LogP contribution in [0.25, 0.3) is 27.9 Å². The number of sulfonamides is 1. The summed E-state index contributed by atoms with van der Waals surface area (Å²) >= 11 is 1.29. The Morgan fingerprint density at radius 2 is 1.56 bits per heavy atom. The summed E-state index contributed by atoms with van der Waals surface area (Å²) in [6.07, 6.45) is 0. The maximum absolute atomic E-state index is 13.1. The van der Waals surface area contributed by atoms with Crippen LogP contribution in [0.2, 0.25) is 0 Å². The Kier molecular flexibility index (Phi) is 5.07. The molecule has 0 spiro atoms. The van der Waals surface area contributed by atoms with E-state index in [-0.39, 0.29) is 4.90 Å². The summed E-state index contributed by atoms with van der Waals surface area (Å²) in [5.74, 6) is 0.765. The van der Waals surface area contributed by atoms with E-state index in [2.05, 4.69) is 4.40 Å². The Morgan fingerprint density at radius 1 is 0.875 bits per heavy atom. The number of hydrogen-bond acceptors (Lipinski definition) is 4. The third-order valence-corrected chi connectivity index (χ3v) is 7.49. The molecule has 0 aliphatic carbocycles. The van der Waals surface area contributed by atoms with E-state index in [4.69, 9.17) is 4.42 Å². The van der Waals surface area contributed by atoms with Gasteiger partial charge in [-0.3, -0.25) is 4.57 Å². The van der Waals surface area contributed by atoms with Crippen molar-refractivity contribution >= 4 is 32.3 Å². The molecule has 0 fully saturated rings. The fraction of sp³-hybridized carbons (Fsp3) is 0.0800. The lowest BCUT2D eigenvalue weighted by Crippen LogP contribution is -2.16. The number of aryl methyl sites for hydroxylation is 2. The molecule has 0 unspecified atom stereocenters. The van der Waals surface area contributed by atoms with E-state index in [0.717, 1.165) is 39.2 Å². The van der Waals surface area contributed by atoms with Gasteiger partial charge in [0.05, 0.1) is 10.6 Å². The molecule has 0 radical (unpaired) electrons. The van der Waals surface area contributed by atoms with Crippen molar-refractivity contribution < 1.29 is 12.8 Å². The molecule has 0 amide bonds. The van der Waals surface area contributed by atoms with Gasteiger partial charge in [0, 0.05) is 22.0 Å². The molecule has 0 aliphatic rings. The summed E-state index contributed by atoms with van der Waals surface area (Å²) in [5, 5.41) is 2.90. The topological polar surface area (TPSA) is 64.6 Å². The van der Waals surface area contributed by atoms with E-state index in [9.17, 15) is 8.42 Å². The highest BCUT2D eigenvalue weighted by molar-refractivity contribution is 7.90. The predicted octanol–water partition coefficient (Wildman–Crippen LogP) is 5.86. The van der Waals surface area contributed by atoms with Crippen LogP contribution in [0, 0.1) is 13.8 Å². The molecular formula is C25H20N2O3S2. The van der Waals surface area contributed by atoms with Crippen molar-refractivity contribution in [1.82, 2.24) is 4.57 Å². The number of benzene rings is 3. The molecule has 0 atom stereocenters. The van der Waals surface area contributed by atoms with Gasteiger partial charge < -0.3 is 4.42 Å². The van der Waals surface area contributed by atoms with Crippen LogP contribution in [0.1, 0.15) is 11.3 Å². The number of para-hydroxylation sites is 2. The Labute approximate surface area is 190 Å². The molecule has 2 aromatic heterocycles. The maximum atomic E-state index is 13.1. The fourth-order valence-corrected chi connectivity index (χ4v) is 5.82. The molecule has 160 valence electrons. The summed E-state index contributed by atoms with van der Waals surface area (Å²) in [7, 11) is -3.88. The average Bonchev–Trinajstić information content (AvgIpc) is 3.33. The van der Waals surface area contributed by atoms with Crippen molar-refractivity contribution in [2.24, 2.45) is 4.40 Å². The van der Waals surface area contributed by atoms with Crippen molar-refractivity contribution in [3.63, 3.8) is 0 Å². The van der Waals surface area contributed by atoms with Gasteiger partial charge in [0.1, 0.15) is 11.3 Å². The van der Waals surface area contributed by atoms with Crippen molar-refractivity contribution in [2.75, 3.05) is 0 Å². The van der Waals surface area contributed by atoms with E-state index in [1.165, 1.54) is 11.3 Å². The summed E-state index contributed by atoms with van der Waals surface area (Å²) in [4.78, 5) is 0.541. The monoisotopic (exact) mass is 460 g/mol. The molecule has 3 aromatic carbocycles. The Morgan fingerprint density at radius 3 is 2.31 bits per heavy atom. The van der Waals surface area contributed by atoms with E-state index >= 15 is 0 Å². The lowest BCUT2D eigenvalue weighted by atomic mass is 10.1. The zero-order valence-electron chi connectivity index (χ0n) is 17.5. The number of aromatic nitrogens is 1. The predicted molar refractivity (Wildman–Crippen MR) is 128 cm³/mol. The van der Waals surface area contributed by atoms with Crippen molar-refractivity contribution in [1.29, 1.82) is 0 Å². The third kappa shape index (κ3) is 3.59. The highest BCUT2D eigenvalue weighted by Crippen LogP contribution is 2.35. The summed E-state index contributed by atoms with van der Waals surface area (Å²) < 4.78 is 38.2. The Bertz CT molecular complexity index is 1590. The van der Waals surface area contributed by atoms with Crippen molar-refractivity contribution in [2.45, 2.75) is 18.7 Å². The van der Waals surface area contributed by atoms with Crippen LogP contribution in [0.3, 0.4) is 0 Å². The zero-order chi connectivity index (χ0) is 22.3. The van der Waals surface area contributed by atoms with Gasteiger partial charge in [-0.2, -0.15) is 8.42 Å². The molecule has 0 aliphatic heterocycles. The second kappa shape index (κ2) is 7.93. The molecule has 2 heterocycles. The van der Waals surface area contributed by atoms with Gasteiger partial charge in [-0.1, -0.05) is 54.1 Å². The van der Waals surface area contributed by atoms with Crippen molar-refractivity contribution in [3.8, 4) is 16.9 Å². The van der Waals surface area contributed by atoms with Crippen LogP contribution in [0.4, 0.5) is 0 Å². The van der Waals surface area contributed by atoms with Gasteiger partial charge in [0.25, 0.3) is 10.0 Å². The second-order valence-electron chi connectivity index (χ2n) is 7.48. The van der Waals surface area contributed by atoms with Crippen LogP contribution in [0.15, 0.2) is 98.0 Å². The van der Waals surface area contributed by atoms with Crippen LogP contribution >= 0.6 is 11.3 Å². The lowest BCUT2D eigenvalue weighted by Gasteiger charge is -2.09. The summed E-state index contributed by atoms with van der Waals surface area (Å²) in [5.41, 5.74) is 4.36. The second-order valence-corrected chi connectivity index (χ2v) is 9.92. The maximum Gasteiger partial charge on any atom is 0.285 e. The normalized spacial score (nSPS) is 12.5. The molecule has 0 saturated carbocycles. The zero-order valence-corrected chi connectivity index (χ0v) is 19.2. The van der Waals surface area contributed by atoms with Gasteiger partial charge in [-0.15, -0.1) is 15.7 Å². The molecule has 7 heteroatoms. The lowest BCUT2D eigenvalue weighted by molar-refractivity contribution is 0.579. The van der Waals surface area contributed by atoms with Crippen LogP contribution < -0.4 is 4.80 Å². The van der Waals surface area contributed by atoms with Gasteiger partial charge >= 0.3 is 0 Å². The molecule has 0 bridgehead atoms. The minimum atomic E-state index is -3.88.